The average molecular weight is 490 g/mol. The van der Waals surface area contributed by atoms with E-state index in [9.17, 15) is 22.8 Å². The van der Waals surface area contributed by atoms with E-state index in [0.29, 0.717) is 48.3 Å². The fourth-order valence-corrected chi connectivity index (χ4v) is 4.10. The molecule has 0 spiro atoms. The molecule has 4 N–H and O–H groups in total. The van der Waals surface area contributed by atoms with Crippen LogP contribution in [0, 0.1) is 5.92 Å². The van der Waals surface area contributed by atoms with Gasteiger partial charge in [0.05, 0.1) is 23.5 Å². The van der Waals surface area contributed by atoms with Gasteiger partial charge in [0, 0.05) is 38.0 Å². The summed E-state index contributed by atoms with van der Waals surface area (Å²) >= 11 is 0. The van der Waals surface area contributed by atoms with Crippen molar-refractivity contribution >= 4 is 28.9 Å². The number of carbonyl (C=O) groups excluding carboxylic acids is 1. The second kappa shape index (κ2) is 9.90. The van der Waals surface area contributed by atoms with Crippen LogP contribution in [-0.4, -0.2) is 51.0 Å². The number of hydrogen-bond acceptors (Lipinski definition) is 6. The van der Waals surface area contributed by atoms with E-state index in [0.717, 1.165) is 25.0 Å². The van der Waals surface area contributed by atoms with Gasteiger partial charge in [0.1, 0.15) is 17.0 Å². The number of imidazole rings is 1. The van der Waals surface area contributed by atoms with E-state index in [1.807, 2.05) is 0 Å². The van der Waals surface area contributed by atoms with Gasteiger partial charge in [-0.15, -0.1) is 0 Å². The predicted octanol–water partition coefficient (Wildman–Crippen LogP) is 3.19. The first kappa shape index (κ1) is 24.5. The van der Waals surface area contributed by atoms with Gasteiger partial charge >= 0.3 is 12.1 Å². The van der Waals surface area contributed by atoms with Gasteiger partial charge in [-0.2, -0.15) is 13.2 Å². The minimum atomic E-state index is -4.67. The number of aliphatic carboxylic acids is 1. The van der Waals surface area contributed by atoms with Crippen LogP contribution in [0.5, 0.6) is 0 Å². The smallest absolute Gasteiger partial charge is 0.433 e. The molecule has 4 heterocycles. The minimum absolute atomic E-state index is 0.0752. The molecule has 3 aromatic heterocycles. The summed E-state index contributed by atoms with van der Waals surface area (Å²) in [5.74, 6) is -1.32. The van der Waals surface area contributed by atoms with Gasteiger partial charge in [-0.1, -0.05) is 6.07 Å². The van der Waals surface area contributed by atoms with Crippen molar-refractivity contribution < 1.29 is 27.9 Å². The van der Waals surface area contributed by atoms with Crippen LogP contribution in [0.2, 0.25) is 0 Å². The standard InChI is InChI=1S/C23H25F3N6O3/c24-23(25,26)19-3-1-2-16(29-19)22(35)30-17-13-32-12-15(4-5-21(33)34)28-20(32)10-18(17)31-8-6-14(11-27)7-9-31/h1-3,10,12-14H,4-9,11,27H2,(H,30,35)(H,33,34). The van der Waals surface area contributed by atoms with Crippen LogP contribution >= 0.6 is 0 Å². The summed E-state index contributed by atoms with van der Waals surface area (Å²) in [6, 6.07) is 4.94. The number of piperidine rings is 1. The van der Waals surface area contributed by atoms with E-state index in [-0.39, 0.29) is 18.5 Å². The Kier molecular flexibility index (Phi) is 6.92. The number of nitrogens with one attached hydrogen (secondary N) is 1. The monoisotopic (exact) mass is 490 g/mol. The van der Waals surface area contributed by atoms with E-state index in [1.54, 1.807) is 22.9 Å². The summed E-state index contributed by atoms with van der Waals surface area (Å²) in [5.41, 5.74) is 6.48. The molecule has 35 heavy (non-hydrogen) atoms. The van der Waals surface area contributed by atoms with Gasteiger partial charge in [-0.05, 0) is 37.4 Å². The van der Waals surface area contributed by atoms with E-state index >= 15 is 0 Å². The summed E-state index contributed by atoms with van der Waals surface area (Å²) in [6.45, 7) is 1.97. The van der Waals surface area contributed by atoms with Crippen molar-refractivity contribution in [2.75, 3.05) is 29.9 Å². The van der Waals surface area contributed by atoms with Gasteiger partial charge in [0.25, 0.3) is 5.91 Å². The van der Waals surface area contributed by atoms with Gasteiger partial charge in [0.2, 0.25) is 0 Å². The Bertz CT molecular complexity index is 1230. The third-order valence-electron chi connectivity index (χ3n) is 6.02. The van der Waals surface area contributed by atoms with Crippen molar-refractivity contribution in [3.8, 4) is 0 Å². The van der Waals surface area contributed by atoms with Crippen LogP contribution in [0.15, 0.2) is 36.7 Å². The summed E-state index contributed by atoms with van der Waals surface area (Å²) in [6.07, 6.45) is 0.517. The van der Waals surface area contributed by atoms with Crippen molar-refractivity contribution in [2.45, 2.75) is 31.9 Å². The normalized spacial score (nSPS) is 14.9. The number of hydrogen-bond donors (Lipinski definition) is 3. The van der Waals surface area contributed by atoms with Crippen LogP contribution in [-0.2, 0) is 17.4 Å². The first-order valence-corrected chi connectivity index (χ1v) is 11.2. The zero-order valence-electron chi connectivity index (χ0n) is 18.8. The molecule has 1 saturated heterocycles. The van der Waals surface area contributed by atoms with Crippen LogP contribution in [0.3, 0.4) is 0 Å². The molecule has 1 fully saturated rings. The van der Waals surface area contributed by atoms with Crippen LogP contribution in [0.25, 0.3) is 5.65 Å². The van der Waals surface area contributed by atoms with E-state index in [1.165, 1.54) is 6.07 Å². The zero-order chi connectivity index (χ0) is 25.2. The molecule has 0 saturated carbocycles. The topological polar surface area (TPSA) is 126 Å². The first-order valence-electron chi connectivity index (χ1n) is 11.2. The molecular weight excluding hydrogens is 465 g/mol. The number of nitrogens with zero attached hydrogens (tertiary/aromatic N) is 4. The van der Waals surface area contributed by atoms with Gasteiger partial charge in [-0.25, -0.2) is 9.97 Å². The summed E-state index contributed by atoms with van der Waals surface area (Å²) < 4.78 is 40.8. The third kappa shape index (κ3) is 5.70. The summed E-state index contributed by atoms with van der Waals surface area (Å²) in [5, 5.41) is 11.7. The predicted molar refractivity (Wildman–Crippen MR) is 122 cm³/mol. The van der Waals surface area contributed by atoms with Crippen LogP contribution in [0.1, 0.15) is 41.1 Å². The SMILES string of the molecule is NCC1CCN(c2cc3nc(CCC(=O)O)cn3cc2NC(=O)c2cccc(C(F)(F)F)n2)CC1. The molecule has 0 aliphatic carbocycles. The Hall–Kier alpha value is -3.67. The summed E-state index contributed by atoms with van der Waals surface area (Å²) in [7, 11) is 0. The summed E-state index contributed by atoms with van der Waals surface area (Å²) in [4.78, 5) is 33.8. The minimum Gasteiger partial charge on any atom is -0.481 e. The molecule has 4 rings (SSSR count). The highest BCUT2D eigenvalue weighted by Gasteiger charge is 2.33. The lowest BCUT2D eigenvalue weighted by Crippen LogP contribution is -2.36. The fourth-order valence-electron chi connectivity index (χ4n) is 4.10. The molecular formula is C23H25F3N6O3. The molecule has 3 aromatic rings. The molecule has 12 heteroatoms. The maximum Gasteiger partial charge on any atom is 0.433 e. The molecule has 0 unspecified atom stereocenters. The van der Waals surface area contributed by atoms with Crippen LogP contribution in [0.4, 0.5) is 24.5 Å². The van der Waals surface area contributed by atoms with Gasteiger partial charge in [-0.3, -0.25) is 9.59 Å². The number of carboxylic acid groups (broad SMARTS) is 1. The molecule has 0 bridgehead atoms. The molecule has 186 valence electrons. The lowest BCUT2D eigenvalue weighted by atomic mass is 9.96. The Labute approximate surface area is 198 Å². The van der Waals surface area contributed by atoms with Crippen molar-refractivity contribution in [1.82, 2.24) is 14.4 Å². The highest BCUT2D eigenvalue weighted by molar-refractivity contribution is 6.04. The number of alkyl halides is 3. The fraction of sp³-hybridized carbons (Fsp3) is 0.391. The number of anilines is 2. The molecule has 0 atom stereocenters. The van der Waals surface area contributed by atoms with E-state index < -0.39 is 23.7 Å². The Balaban J connectivity index is 1.67. The molecule has 1 aliphatic heterocycles. The Morgan fingerprint density at radius 3 is 2.57 bits per heavy atom. The molecule has 0 radical (unpaired) electrons. The molecule has 1 aliphatic rings. The molecule has 9 nitrogen and oxygen atoms in total. The van der Waals surface area contributed by atoms with E-state index in [2.05, 4.69) is 20.2 Å². The number of halogens is 3. The molecule has 1 amide bonds. The first-order chi connectivity index (χ1) is 16.6. The second-order valence-electron chi connectivity index (χ2n) is 8.49. The van der Waals surface area contributed by atoms with Crippen molar-refractivity contribution in [3.63, 3.8) is 0 Å². The highest BCUT2D eigenvalue weighted by Crippen LogP contribution is 2.32. The maximum absolute atomic E-state index is 13.1. The lowest BCUT2D eigenvalue weighted by molar-refractivity contribution is -0.141. The number of aromatic nitrogens is 3. The van der Waals surface area contributed by atoms with Crippen molar-refractivity contribution in [3.05, 3.63) is 53.7 Å². The van der Waals surface area contributed by atoms with Crippen LogP contribution < -0.4 is 16.0 Å². The third-order valence-corrected chi connectivity index (χ3v) is 6.02. The Morgan fingerprint density at radius 1 is 1.17 bits per heavy atom. The molecule has 0 aromatic carbocycles. The quantitative estimate of drug-likeness (QED) is 0.464. The van der Waals surface area contributed by atoms with Crippen molar-refractivity contribution in [1.29, 1.82) is 0 Å². The number of nitrogens with two attached hydrogens (primary N) is 1. The number of carboxylic acids is 1. The number of pyridine rings is 2. The second-order valence-corrected chi connectivity index (χ2v) is 8.49. The van der Waals surface area contributed by atoms with Gasteiger partial charge < -0.3 is 25.5 Å². The average Bonchev–Trinajstić information content (AvgIpc) is 3.23. The number of rotatable bonds is 7. The number of amides is 1. The number of aryl methyl sites for hydroxylation is 1. The Morgan fingerprint density at radius 2 is 1.91 bits per heavy atom. The van der Waals surface area contributed by atoms with Crippen molar-refractivity contribution in [2.24, 2.45) is 11.7 Å². The largest absolute Gasteiger partial charge is 0.481 e. The number of carbonyl (C=O) groups is 2. The number of fused-ring (bicyclic) bond motifs is 1. The lowest BCUT2D eigenvalue weighted by Gasteiger charge is -2.34. The van der Waals surface area contributed by atoms with Gasteiger partial charge in [0.15, 0.2) is 0 Å². The van der Waals surface area contributed by atoms with E-state index in [4.69, 9.17) is 10.8 Å². The zero-order valence-corrected chi connectivity index (χ0v) is 18.8. The maximum atomic E-state index is 13.1. The highest BCUT2D eigenvalue weighted by atomic mass is 19.4.